The Hall–Kier alpha value is -0.560. The first-order valence-corrected chi connectivity index (χ1v) is 4.26. The molecule has 12 heavy (non-hydrogen) atoms. The van der Waals surface area contributed by atoms with E-state index in [1.165, 1.54) is 0 Å². The van der Waals surface area contributed by atoms with Crippen LogP contribution in [0.1, 0.15) is 12.8 Å². The summed E-state index contributed by atoms with van der Waals surface area (Å²) in [4.78, 5) is 2.03. The summed E-state index contributed by atoms with van der Waals surface area (Å²) >= 11 is 0. The van der Waals surface area contributed by atoms with Crippen molar-refractivity contribution in [2.45, 2.75) is 25.0 Å². The lowest BCUT2D eigenvalue weighted by Crippen LogP contribution is -2.23. The van der Waals surface area contributed by atoms with E-state index >= 15 is 0 Å². The van der Waals surface area contributed by atoms with E-state index in [1.807, 2.05) is 4.90 Å². The smallest absolute Gasteiger partial charge is 0.0938 e. The normalized spacial score (nSPS) is 30.4. The molecule has 1 aliphatic heterocycles. The van der Waals surface area contributed by atoms with Gasteiger partial charge in [0.1, 0.15) is 0 Å². The fraction of sp³-hybridized carbons (Fsp3) is 0.778. The predicted octanol–water partition coefficient (Wildman–Crippen LogP) is -0.563. The average molecular weight is 169 g/mol. The van der Waals surface area contributed by atoms with E-state index in [0.29, 0.717) is 13.1 Å². The first kappa shape index (κ1) is 9.53. The molecule has 1 heterocycles. The Morgan fingerprint density at radius 2 is 1.92 bits per heavy atom. The van der Waals surface area contributed by atoms with E-state index in [9.17, 15) is 10.2 Å². The minimum atomic E-state index is -0.573. The Bertz CT molecular complexity index is 166. The van der Waals surface area contributed by atoms with Crippen molar-refractivity contribution in [2.24, 2.45) is 0 Å². The van der Waals surface area contributed by atoms with Crippen LogP contribution in [0.3, 0.4) is 0 Å². The number of rotatable bonds is 3. The highest BCUT2D eigenvalue weighted by atomic mass is 16.3. The Balaban J connectivity index is 2.15. The van der Waals surface area contributed by atoms with Gasteiger partial charge in [0, 0.05) is 19.5 Å². The van der Waals surface area contributed by atoms with Gasteiger partial charge in [0.15, 0.2) is 0 Å². The van der Waals surface area contributed by atoms with Crippen LogP contribution in [0, 0.1) is 12.3 Å². The highest BCUT2D eigenvalue weighted by Gasteiger charge is 2.28. The summed E-state index contributed by atoms with van der Waals surface area (Å²) in [7, 11) is 0. The van der Waals surface area contributed by atoms with E-state index < -0.39 is 12.2 Å². The minimum absolute atomic E-state index is 0.573. The fourth-order valence-corrected chi connectivity index (χ4v) is 1.43. The van der Waals surface area contributed by atoms with E-state index in [4.69, 9.17) is 6.42 Å². The summed E-state index contributed by atoms with van der Waals surface area (Å²) in [5, 5.41) is 18.4. The molecule has 0 aliphatic carbocycles. The lowest BCUT2D eigenvalue weighted by atomic mass is 10.3. The zero-order valence-corrected chi connectivity index (χ0v) is 7.11. The molecule has 1 aliphatic rings. The van der Waals surface area contributed by atoms with Gasteiger partial charge >= 0.3 is 0 Å². The van der Waals surface area contributed by atoms with Gasteiger partial charge in [-0.25, -0.2) is 0 Å². The third kappa shape index (κ3) is 2.49. The minimum Gasteiger partial charge on any atom is -0.389 e. The molecule has 68 valence electrons. The molecule has 1 saturated heterocycles. The van der Waals surface area contributed by atoms with Gasteiger partial charge in [0.2, 0.25) is 0 Å². The van der Waals surface area contributed by atoms with Gasteiger partial charge in [-0.1, -0.05) is 0 Å². The lowest BCUT2D eigenvalue weighted by molar-refractivity contribution is 0.0572. The van der Waals surface area contributed by atoms with Crippen molar-refractivity contribution in [1.29, 1.82) is 0 Å². The van der Waals surface area contributed by atoms with Gasteiger partial charge < -0.3 is 10.2 Å². The van der Waals surface area contributed by atoms with Crippen molar-refractivity contribution in [2.75, 3.05) is 19.6 Å². The molecule has 0 aromatic carbocycles. The van der Waals surface area contributed by atoms with Crippen LogP contribution in [0.2, 0.25) is 0 Å². The van der Waals surface area contributed by atoms with Crippen molar-refractivity contribution in [3.8, 4) is 12.3 Å². The quantitative estimate of drug-likeness (QED) is 0.439. The summed E-state index contributed by atoms with van der Waals surface area (Å²) in [5.41, 5.74) is 0. The van der Waals surface area contributed by atoms with Gasteiger partial charge in [0.05, 0.1) is 12.2 Å². The first-order chi connectivity index (χ1) is 5.74. The Labute approximate surface area is 73.0 Å². The van der Waals surface area contributed by atoms with Crippen LogP contribution in [-0.4, -0.2) is 47.0 Å². The van der Waals surface area contributed by atoms with Crippen LogP contribution in [-0.2, 0) is 0 Å². The summed E-state index contributed by atoms with van der Waals surface area (Å²) in [6, 6.07) is 0. The number of hydrogen-bond donors (Lipinski definition) is 2. The predicted molar refractivity (Wildman–Crippen MR) is 46.5 cm³/mol. The van der Waals surface area contributed by atoms with E-state index in [2.05, 4.69) is 5.92 Å². The molecular weight excluding hydrogens is 154 g/mol. The molecule has 1 rings (SSSR count). The monoisotopic (exact) mass is 169 g/mol. The van der Waals surface area contributed by atoms with Crippen molar-refractivity contribution < 1.29 is 10.2 Å². The van der Waals surface area contributed by atoms with Crippen LogP contribution in [0.5, 0.6) is 0 Å². The van der Waals surface area contributed by atoms with E-state index in [0.717, 1.165) is 19.4 Å². The van der Waals surface area contributed by atoms with Gasteiger partial charge in [-0.15, -0.1) is 12.3 Å². The number of likely N-dealkylation sites (tertiary alicyclic amines) is 1. The van der Waals surface area contributed by atoms with Crippen molar-refractivity contribution in [1.82, 2.24) is 4.90 Å². The molecule has 0 bridgehead atoms. The molecule has 2 unspecified atom stereocenters. The maximum absolute atomic E-state index is 9.19. The molecular formula is C9H15NO2. The zero-order valence-electron chi connectivity index (χ0n) is 7.11. The van der Waals surface area contributed by atoms with Crippen LogP contribution >= 0.6 is 0 Å². The molecule has 0 amide bonds. The molecule has 0 aromatic rings. The van der Waals surface area contributed by atoms with Gasteiger partial charge in [-0.05, 0) is 13.0 Å². The lowest BCUT2D eigenvalue weighted by Gasteiger charge is -2.12. The molecule has 0 spiro atoms. The van der Waals surface area contributed by atoms with E-state index in [-0.39, 0.29) is 0 Å². The zero-order chi connectivity index (χ0) is 8.97. The van der Waals surface area contributed by atoms with Crippen molar-refractivity contribution >= 4 is 0 Å². The SMILES string of the molecule is C#CCCCN1CC(O)C(O)C1. The van der Waals surface area contributed by atoms with Crippen molar-refractivity contribution in [3.63, 3.8) is 0 Å². The number of aliphatic hydroxyl groups excluding tert-OH is 2. The number of aliphatic hydroxyl groups is 2. The molecule has 3 heteroatoms. The molecule has 0 radical (unpaired) electrons. The van der Waals surface area contributed by atoms with Crippen LogP contribution in [0.15, 0.2) is 0 Å². The Morgan fingerprint density at radius 1 is 1.33 bits per heavy atom. The highest BCUT2D eigenvalue weighted by Crippen LogP contribution is 2.10. The number of unbranched alkanes of at least 4 members (excludes halogenated alkanes) is 1. The Morgan fingerprint density at radius 3 is 2.42 bits per heavy atom. The number of β-amino-alcohol motifs (C(OH)–C–C–N with tert-alkyl or cyclic N) is 2. The summed E-state index contributed by atoms with van der Waals surface area (Å²) < 4.78 is 0. The number of terminal acetylenes is 1. The van der Waals surface area contributed by atoms with Crippen molar-refractivity contribution in [3.05, 3.63) is 0 Å². The standard InChI is InChI=1S/C9H15NO2/c1-2-3-4-5-10-6-8(11)9(12)7-10/h1,8-9,11-12H,3-7H2. The molecule has 0 saturated carbocycles. The molecule has 2 N–H and O–H groups in total. The second-order valence-electron chi connectivity index (χ2n) is 3.20. The topological polar surface area (TPSA) is 43.7 Å². The third-order valence-corrected chi connectivity index (χ3v) is 2.13. The molecule has 0 aromatic heterocycles. The number of hydrogen-bond acceptors (Lipinski definition) is 3. The Kier molecular flexibility index (Phi) is 3.54. The largest absolute Gasteiger partial charge is 0.389 e. The van der Waals surface area contributed by atoms with Gasteiger partial charge in [-0.2, -0.15) is 0 Å². The summed E-state index contributed by atoms with van der Waals surface area (Å²) in [6.45, 7) is 2.02. The highest BCUT2D eigenvalue weighted by molar-refractivity contribution is 4.86. The first-order valence-electron chi connectivity index (χ1n) is 4.26. The summed E-state index contributed by atoms with van der Waals surface area (Å²) in [5.74, 6) is 2.56. The maximum atomic E-state index is 9.19. The third-order valence-electron chi connectivity index (χ3n) is 2.13. The fourth-order valence-electron chi connectivity index (χ4n) is 1.43. The van der Waals surface area contributed by atoms with Gasteiger partial charge in [0.25, 0.3) is 0 Å². The van der Waals surface area contributed by atoms with Crippen LogP contribution in [0.4, 0.5) is 0 Å². The molecule has 2 atom stereocenters. The average Bonchev–Trinajstić information content (AvgIpc) is 2.32. The maximum Gasteiger partial charge on any atom is 0.0938 e. The molecule has 1 fully saturated rings. The van der Waals surface area contributed by atoms with Crippen LogP contribution in [0.25, 0.3) is 0 Å². The van der Waals surface area contributed by atoms with E-state index in [1.54, 1.807) is 0 Å². The second kappa shape index (κ2) is 4.46. The molecule has 3 nitrogen and oxygen atoms in total. The van der Waals surface area contributed by atoms with Crippen LogP contribution < -0.4 is 0 Å². The number of nitrogens with zero attached hydrogens (tertiary/aromatic N) is 1. The second-order valence-corrected chi connectivity index (χ2v) is 3.20. The van der Waals surface area contributed by atoms with Gasteiger partial charge in [-0.3, -0.25) is 4.90 Å². The summed E-state index contributed by atoms with van der Waals surface area (Å²) in [6.07, 6.45) is 5.66.